The van der Waals surface area contributed by atoms with Gasteiger partial charge in [0.1, 0.15) is 16.9 Å². The summed E-state index contributed by atoms with van der Waals surface area (Å²) in [7, 11) is 1.35. The number of carbonyl (C=O) groups excluding carboxylic acids is 1. The summed E-state index contributed by atoms with van der Waals surface area (Å²) in [4.78, 5) is 11.7. The van der Waals surface area contributed by atoms with Crippen molar-refractivity contribution in [1.82, 2.24) is 0 Å². The van der Waals surface area contributed by atoms with Crippen molar-refractivity contribution < 1.29 is 13.9 Å². The third-order valence-electron chi connectivity index (χ3n) is 2.53. The summed E-state index contributed by atoms with van der Waals surface area (Å²) in [6.07, 6.45) is 0. The lowest BCUT2D eigenvalue weighted by Crippen LogP contribution is -2.01. The van der Waals surface area contributed by atoms with Crippen molar-refractivity contribution in [1.29, 1.82) is 0 Å². The van der Waals surface area contributed by atoms with Crippen LogP contribution in [0.4, 0.5) is 0 Å². The highest BCUT2D eigenvalue weighted by Gasteiger charge is 2.19. The average molecular weight is 298 g/mol. The monoisotopic (exact) mass is 297 g/mol. The minimum Gasteiger partial charge on any atom is -0.465 e. The van der Waals surface area contributed by atoms with Crippen molar-refractivity contribution >= 4 is 32.9 Å². The van der Waals surface area contributed by atoms with Crippen molar-refractivity contribution in [2.45, 2.75) is 13.5 Å². The van der Waals surface area contributed by atoms with E-state index in [4.69, 9.17) is 14.9 Å². The number of hydrogen-bond donors (Lipinski definition) is 1. The van der Waals surface area contributed by atoms with E-state index in [0.29, 0.717) is 16.9 Å². The van der Waals surface area contributed by atoms with Gasteiger partial charge in [-0.2, -0.15) is 0 Å². The summed E-state index contributed by atoms with van der Waals surface area (Å²) in [6, 6.07) is 3.68. The van der Waals surface area contributed by atoms with E-state index in [1.165, 1.54) is 7.11 Å². The zero-order valence-corrected chi connectivity index (χ0v) is 11.1. The second-order valence-electron chi connectivity index (χ2n) is 3.72. The van der Waals surface area contributed by atoms with Gasteiger partial charge in [-0.15, -0.1) is 0 Å². The molecule has 0 spiro atoms. The number of methoxy groups -OCH3 is 1. The molecule has 0 saturated heterocycles. The van der Waals surface area contributed by atoms with Crippen molar-refractivity contribution in [3.05, 3.63) is 33.5 Å². The van der Waals surface area contributed by atoms with Crippen LogP contribution < -0.4 is 5.73 Å². The summed E-state index contributed by atoms with van der Waals surface area (Å²) in [6.45, 7) is 2.18. The van der Waals surface area contributed by atoms with Gasteiger partial charge in [0.05, 0.1) is 18.1 Å². The van der Waals surface area contributed by atoms with Gasteiger partial charge in [-0.1, -0.05) is 0 Å². The third kappa shape index (κ3) is 1.96. The maximum absolute atomic E-state index is 11.7. The van der Waals surface area contributed by atoms with E-state index in [9.17, 15) is 4.79 Å². The van der Waals surface area contributed by atoms with Crippen LogP contribution in [0.3, 0.4) is 0 Å². The third-order valence-corrected chi connectivity index (χ3v) is 3.40. The molecule has 0 bridgehead atoms. The molecule has 0 atom stereocenters. The van der Waals surface area contributed by atoms with E-state index in [1.807, 2.05) is 13.0 Å². The first kappa shape index (κ1) is 12.1. The minimum atomic E-state index is -0.413. The molecule has 2 aromatic rings. The van der Waals surface area contributed by atoms with E-state index >= 15 is 0 Å². The van der Waals surface area contributed by atoms with Gasteiger partial charge >= 0.3 is 5.97 Å². The van der Waals surface area contributed by atoms with Crippen molar-refractivity contribution in [2.75, 3.05) is 7.11 Å². The average Bonchev–Trinajstić information content (AvgIpc) is 2.64. The summed E-state index contributed by atoms with van der Waals surface area (Å²) >= 11 is 3.43. The maximum Gasteiger partial charge on any atom is 0.341 e. The summed E-state index contributed by atoms with van der Waals surface area (Å²) in [5, 5.41) is 0.839. The molecule has 0 amide bonds. The number of furan rings is 1. The zero-order valence-electron chi connectivity index (χ0n) is 9.54. The Hall–Kier alpha value is -1.33. The highest BCUT2D eigenvalue weighted by atomic mass is 79.9. The molecular weight excluding hydrogens is 286 g/mol. The number of benzene rings is 1. The molecule has 0 saturated carbocycles. The standard InChI is InChI=1S/C12H12BrNO3/c1-6-3-7-10(13)9(5-14)17-11(7)8(4-6)12(15)16-2/h3-4H,5,14H2,1-2H3. The lowest BCUT2D eigenvalue weighted by atomic mass is 10.1. The predicted octanol–water partition coefficient (Wildman–Crippen LogP) is 2.75. The Morgan fingerprint density at radius 2 is 2.24 bits per heavy atom. The summed E-state index contributed by atoms with van der Waals surface area (Å²) in [5.74, 6) is 0.208. The topological polar surface area (TPSA) is 65.5 Å². The van der Waals surface area contributed by atoms with Crippen LogP contribution in [0.25, 0.3) is 11.0 Å². The number of halogens is 1. The van der Waals surface area contributed by atoms with Gasteiger partial charge < -0.3 is 14.9 Å². The smallest absolute Gasteiger partial charge is 0.341 e. The van der Waals surface area contributed by atoms with Crippen molar-refractivity contribution in [3.8, 4) is 0 Å². The molecule has 90 valence electrons. The number of nitrogens with two attached hydrogens (primary N) is 1. The molecule has 0 aliphatic rings. The van der Waals surface area contributed by atoms with Crippen LogP contribution in [0.1, 0.15) is 21.7 Å². The Morgan fingerprint density at radius 3 is 2.82 bits per heavy atom. The molecule has 17 heavy (non-hydrogen) atoms. The Labute approximate surface area is 107 Å². The van der Waals surface area contributed by atoms with E-state index in [-0.39, 0.29) is 6.54 Å². The highest BCUT2D eigenvalue weighted by Crippen LogP contribution is 2.33. The number of aryl methyl sites for hydroxylation is 1. The summed E-state index contributed by atoms with van der Waals surface area (Å²) in [5.41, 5.74) is 7.46. The first-order valence-corrected chi connectivity index (χ1v) is 5.87. The number of hydrogen-bond acceptors (Lipinski definition) is 4. The Morgan fingerprint density at radius 1 is 1.53 bits per heavy atom. The second-order valence-corrected chi connectivity index (χ2v) is 4.52. The van der Waals surface area contributed by atoms with Crippen molar-refractivity contribution in [3.63, 3.8) is 0 Å². The second kappa shape index (κ2) is 4.50. The van der Waals surface area contributed by atoms with E-state index in [2.05, 4.69) is 15.9 Å². The van der Waals surface area contributed by atoms with Crippen LogP contribution in [0, 0.1) is 6.92 Å². The zero-order chi connectivity index (χ0) is 12.6. The predicted molar refractivity (Wildman–Crippen MR) is 67.9 cm³/mol. The first-order valence-electron chi connectivity index (χ1n) is 5.08. The van der Waals surface area contributed by atoms with Crippen LogP contribution in [0.5, 0.6) is 0 Å². The highest BCUT2D eigenvalue weighted by molar-refractivity contribution is 9.10. The maximum atomic E-state index is 11.7. The molecule has 0 fully saturated rings. The lowest BCUT2D eigenvalue weighted by Gasteiger charge is -2.01. The minimum absolute atomic E-state index is 0.273. The Balaban J connectivity index is 2.80. The van der Waals surface area contributed by atoms with Crippen molar-refractivity contribution in [2.24, 2.45) is 5.73 Å². The first-order chi connectivity index (χ1) is 8.08. The van der Waals surface area contributed by atoms with Crippen LogP contribution in [-0.4, -0.2) is 13.1 Å². The Bertz CT molecular complexity index is 589. The molecule has 2 rings (SSSR count). The molecule has 5 heteroatoms. The molecule has 1 aromatic heterocycles. The molecule has 0 aliphatic heterocycles. The van der Waals surface area contributed by atoms with Gasteiger partial charge in [0, 0.05) is 5.39 Å². The fourth-order valence-corrected chi connectivity index (χ4v) is 2.29. The molecule has 4 nitrogen and oxygen atoms in total. The fourth-order valence-electron chi connectivity index (χ4n) is 1.76. The molecular formula is C12H12BrNO3. The Kier molecular flexibility index (Phi) is 3.22. The number of rotatable bonds is 2. The lowest BCUT2D eigenvalue weighted by molar-refractivity contribution is 0.0601. The largest absolute Gasteiger partial charge is 0.465 e. The van der Waals surface area contributed by atoms with Gasteiger partial charge in [0.2, 0.25) is 0 Å². The normalized spacial score (nSPS) is 10.8. The quantitative estimate of drug-likeness (QED) is 0.866. The van der Waals surface area contributed by atoms with Crippen LogP contribution in [0.15, 0.2) is 21.0 Å². The molecule has 0 unspecified atom stereocenters. The van der Waals surface area contributed by atoms with E-state index < -0.39 is 5.97 Å². The summed E-state index contributed by atoms with van der Waals surface area (Å²) < 4.78 is 11.1. The fraction of sp³-hybridized carbons (Fsp3) is 0.250. The molecule has 1 aromatic carbocycles. The van der Waals surface area contributed by atoms with Crippen LogP contribution in [-0.2, 0) is 11.3 Å². The number of esters is 1. The van der Waals surface area contributed by atoms with E-state index in [1.54, 1.807) is 6.07 Å². The van der Waals surface area contributed by atoms with Gasteiger partial charge in [0.25, 0.3) is 0 Å². The van der Waals surface area contributed by atoms with Gasteiger partial charge in [0.15, 0.2) is 0 Å². The van der Waals surface area contributed by atoms with E-state index in [0.717, 1.165) is 15.4 Å². The number of carbonyl (C=O) groups is 1. The van der Waals surface area contributed by atoms with Gasteiger partial charge in [-0.3, -0.25) is 0 Å². The van der Waals surface area contributed by atoms with Gasteiger partial charge in [-0.05, 0) is 40.5 Å². The number of ether oxygens (including phenoxy) is 1. The molecule has 1 heterocycles. The number of fused-ring (bicyclic) bond motifs is 1. The van der Waals surface area contributed by atoms with Crippen LogP contribution >= 0.6 is 15.9 Å². The SMILES string of the molecule is COC(=O)c1cc(C)cc2c(Br)c(CN)oc12. The van der Waals surface area contributed by atoms with Gasteiger partial charge in [-0.25, -0.2) is 4.79 Å². The van der Waals surface area contributed by atoms with Crippen LogP contribution in [0.2, 0.25) is 0 Å². The molecule has 2 N–H and O–H groups in total. The molecule has 0 radical (unpaired) electrons. The molecule has 0 aliphatic carbocycles.